The minimum absolute atomic E-state index is 0.00673. The first-order chi connectivity index (χ1) is 29.0. The van der Waals surface area contributed by atoms with Crippen LogP contribution in [-0.2, 0) is 43.9 Å². The molecule has 20 heteroatoms. The molecule has 4 heterocycles. The third kappa shape index (κ3) is 10.2. The Hall–Kier alpha value is -3.96. The van der Waals surface area contributed by atoms with Crippen LogP contribution in [-0.4, -0.2) is 63.0 Å². The van der Waals surface area contributed by atoms with Crippen molar-refractivity contribution in [1.29, 1.82) is 0 Å². The standard InChI is InChI=1S/C40H41ClN6O9P2S2/c1-40(2)55-34-32(25-53-57(49,44-28-15-7-3-8-16-28)45-29-17-9-4-10-18-29)54-38(35(34)56-40)47-36-33(43-39(47)41)37(48)46(26-42-36)27-51-23-24-52-58(50,59-30-19-11-5-12-20-30)60-31-21-13-6-14-22-31/h3-22,26,32,34-35,38H,23-25,27H2,1-2H3,(H2,44,45,49)/t32-,34-,35-,38-/m1/s1. The largest absolute Gasteiger partial charge is 0.391 e. The number of nitrogens with zero attached hydrogens (tertiary/aromatic N) is 4. The van der Waals surface area contributed by atoms with E-state index in [1.165, 1.54) is 38.2 Å². The Labute approximate surface area is 358 Å². The number of imidazole rings is 1. The Morgan fingerprint density at radius 2 is 1.33 bits per heavy atom. The molecule has 2 aliphatic heterocycles. The first-order valence-electron chi connectivity index (χ1n) is 18.8. The average Bonchev–Trinajstić information content (AvgIpc) is 3.86. The molecule has 2 saturated heterocycles. The second-order valence-corrected chi connectivity index (χ2v) is 23.3. The fraction of sp³-hybridized carbons (Fsp3) is 0.275. The number of fused-ring (bicyclic) bond motifs is 2. The predicted octanol–water partition coefficient (Wildman–Crippen LogP) is 9.70. The van der Waals surface area contributed by atoms with Crippen LogP contribution < -0.4 is 15.7 Å². The van der Waals surface area contributed by atoms with Crippen LogP contribution in [0.3, 0.4) is 0 Å². The van der Waals surface area contributed by atoms with E-state index >= 15 is 0 Å². The summed E-state index contributed by atoms with van der Waals surface area (Å²) in [4.78, 5) is 24.2. The molecule has 2 aromatic heterocycles. The van der Waals surface area contributed by atoms with Gasteiger partial charge in [0.25, 0.3) is 5.56 Å². The average molecular weight is 911 g/mol. The van der Waals surface area contributed by atoms with Gasteiger partial charge in [0, 0.05) is 21.2 Å². The maximum absolute atomic E-state index is 14.3. The molecule has 15 nitrogen and oxygen atoms in total. The van der Waals surface area contributed by atoms with Gasteiger partial charge in [-0.05, 0) is 96.7 Å². The number of para-hydroxylation sites is 2. The van der Waals surface area contributed by atoms with E-state index in [1.54, 1.807) is 38.1 Å². The van der Waals surface area contributed by atoms with Crippen LogP contribution in [0.25, 0.3) is 11.2 Å². The summed E-state index contributed by atoms with van der Waals surface area (Å²) < 4.78 is 68.0. The molecule has 6 aromatic rings. The Morgan fingerprint density at radius 3 is 1.92 bits per heavy atom. The number of benzene rings is 4. The lowest BCUT2D eigenvalue weighted by Crippen LogP contribution is -2.33. The van der Waals surface area contributed by atoms with Crippen molar-refractivity contribution in [2.45, 2.75) is 60.7 Å². The van der Waals surface area contributed by atoms with Crippen LogP contribution >= 0.6 is 47.8 Å². The van der Waals surface area contributed by atoms with E-state index in [0.717, 1.165) is 9.79 Å². The minimum Gasteiger partial charge on any atom is -0.358 e. The highest BCUT2D eigenvalue weighted by Gasteiger charge is 2.57. The van der Waals surface area contributed by atoms with Gasteiger partial charge in [0.2, 0.25) is 5.28 Å². The Morgan fingerprint density at radius 1 is 0.783 bits per heavy atom. The highest BCUT2D eigenvalue weighted by Crippen LogP contribution is 2.74. The molecule has 2 N–H and O–H groups in total. The molecular formula is C40H41ClN6O9P2S2. The second kappa shape index (κ2) is 18.6. The molecule has 314 valence electrons. The summed E-state index contributed by atoms with van der Waals surface area (Å²) in [5.74, 6) is -4.32. The normalized spacial score (nSPS) is 20.0. The van der Waals surface area contributed by atoms with Crippen molar-refractivity contribution in [3.05, 3.63) is 143 Å². The van der Waals surface area contributed by atoms with Gasteiger partial charge in [0.15, 0.2) is 23.2 Å². The maximum Gasteiger partial charge on any atom is 0.391 e. The molecule has 0 spiro atoms. The van der Waals surface area contributed by atoms with Crippen LogP contribution in [0.1, 0.15) is 20.1 Å². The van der Waals surface area contributed by atoms with E-state index in [9.17, 15) is 13.9 Å². The fourth-order valence-corrected chi connectivity index (χ4v) is 14.9. The van der Waals surface area contributed by atoms with Gasteiger partial charge in [-0.3, -0.25) is 33.2 Å². The number of hydrogen-bond donors (Lipinski definition) is 2. The van der Waals surface area contributed by atoms with E-state index in [4.69, 9.17) is 39.6 Å². The van der Waals surface area contributed by atoms with Crippen molar-refractivity contribution in [1.82, 2.24) is 19.1 Å². The number of anilines is 2. The smallest absolute Gasteiger partial charge is 0.358 e. The summed E-state index contributed by atoms with van der Waals surface area (Å²) in [6.07, 6.45) is -1.81. The molecule has 0 saturated carbocycles. The van der Waals surface area contributed by atoms with E-state index in [-0.39, 0.29) is 43.0 Å². The van der Waals surface area contributed by atoms with Crippen LogP contribution in [0.4, 0.5) is 11.4 Å². The van der Waals surface area contributed by atoms with Crippen molar-refractivity contribution in [3.8, 4) is 0 Å². The van der Waals surface area contributed by atoms with Crippen molar-refractivity contribution >= 4 is 70.3 Å². The summed E-state index contributed by atoms with van der Waals surface area (Å²) in [6, 6.07) is 36.9. The molecule has 0 unspecified atom stereocenters. The highest BCUT2D eigenvalue weighted by atomic mass is 35.5. The highest BCUT2D eigenvalue weighted by molar-refractivity contribution is 8.89. The summed E-state index contributed by atoms with van der Waals surface area (Å²) in [6.45, 7) is 3.24. The lowest BCUT2D eigenvalue weighted by Gasteiger charge is -2.27. The van der Waals surface area contributed by atoms with Crippen LogP contribution in [0.5, 0.6) is 0 Å². The lowest BCUT2D eigenvalue weighted by molar-refractivity contribution is -0.198. The van der Waals surface area contributed by atoms with Gasteiger partial charge in [0.1, 0.15) is 31.4 Å². The van der Waals surface area contributed by atoms with Crippen LogP contribution in [0.15, 0.2) is 142 Å². The van der Waals surface area contributed by atoms with Crippen molar-refractivity contribution in [3.63, 3.8) is 0 Å². The summed E-state index contributed by atoms with van der Waals surface area (Å²) >= 11 is 9.06. The Bertz CT molecular complexity index is 2450. The van der Waals surface area contributed by atoms with Crippen molar-refractivity contribution in [2.24, 2.45) is 0 Å². The number of rotatable bonds is 18. The number of nitrogens with one attached hydrogen (secondary N) is 2. The number of halogens is 1. The van der Waals surface area contributed by atoms with Gasteiger partial charge in [-0.25, -0.2) is 14.5 Å². The van der Waals surface area contributed by atoms with E-state index in [0.29, 0.717) is 11.4 Å². The zero-order chi connectivity index (χ0) is 41.7. The molecule has 4 aromatic carbocycles. The Kier molecular flexibility index (Phi) is 13.2. The SMILES string of the molecule is CC1(C)O[C@@H]2[C@H](O1)[C@@H](COP(=O)(Nc1ccccc1)Nc1ccccc1)O[C@H]2n1c(Cl)nc2c(=O)n(COCCOP(=O)(Sc3ccccc3)Sc3ccccc3)cnc21. The quantitative estimate of drug-likeness (QED) is 0.0475. The van der Waals surface area contributed by atoms with Gasteiger partial charge in [-0.15, -0.1) is 0 Å². The zero-order valence-corrected chi connectivity index (χ0v) is 36.5. The van der Waals surface area contributed by atoms with Gasteiger partial charge < -0.3 is 23.5 Å². The third-order valence-electron chi connectivity index (χ3n) is 9.15. The third-order valence-corrected chi connectivity index (χ3v) is 17.5. The van der Waals surface area contributed by atoms with Gasteiger partial charge >= 0.3 is 13.4 Å². The first kappa shape index (κ1) is 42.7. The second-order valence-electron chi connectivity index (χ2n) is 14.0. The molecule has 2 aliphatic rings. The summed E-state index contributed by atoms with van der Waals surface area (Å²) in [5.41, 5.74) is 0.796. The molecule has 0 amide bonds. The molecule has 0 bridgehead atoms. The van der Waals surface area contributed by atoms with E-state index < -0.39 is 49.3 Å². The number of aromatic nitrogens is 4. The van der Waals surface area contributed by atoms with Crippen LogP contribution in [0.2, 0.25) is 5.28 Å². The Balaban J connectivity index is 0.949. The minimum atomic E-state index is -3.79. The van der Waals surface area contributed by atoms with Gasteiger partial charge in [-0.2, -0.15) is 0 Å². The predicted molar refractivity (Wildman–Crippen MR) is 232 cm³/mol. The van der Waals surface area contributed by atoms with E-state index in [2.05, 4.69) is 20.1 Å². The van der Waals surface area contributed by atoms with Crippen molar-refractivity contribution < 1.29 is 37.1 Å². The zero-order valence-electron chi connectivity index (χ0n) is 32.3. The molecular weight excluding hydrogens is 870 g/mol. The maximum atomic E-state index is 14.3. The molecule has 8 rings (SSSR count). The molecule has 2 fully saturated rings. The molecule has 4 atom stereocenters. The topological polar surface area (TPSA) is 166 Å². The van der Waals surface area contributed by atoms with E-state index in [1.807, 2.05) is 97.1 Å². The molecule has 60 heavy (non-hydrogen) atoms. The van der Waals surface area contributed by atoms with Gasteiger partial charge in [-0.1, -0.05) is 72.8 Å². The first-order valence-corrected chi connectivity index (χ1v) is 25.3. The number of ether oxygens (including phenoxy) is 4. The summed E-state index contributed by atoms with van der Waals surface area (Å²) in [7, 11) is -3.79. The fourth-order valence-electron chi connectivity index (χ4n) is 6.60. The summed E-state index contributed by atoms with van der Waals surface area (Å²) in [5, 5.41) is 5.96. The van der Waals surface area contributed by atoms with Gasteiger partial charge in [0.05, 0.1) is 19.8 Å². The van der Waals surface area contributed by atoms with Crippen LogP contribution in [0, 0.1) is 0 Å². The van der Waals surface area contributed by atoms with Crippen molar-refractivity contribution in [2.75, 3.05) is 30.0 Å². The lowest BCUT2D eigenvalue weighted by atomic mass is 10.1. The molecule has 0 radical (unpaired) electrons. The number of hydrogen-bond acceptors (Lipinski definition) is 13. The molecule has 0 aliphatic carbocycles. The monoisotopic (exact) mass is 910 g/mol.